The standard InChI is InChI=1S/2C10H15.Zn/c2*1-7-8-4-5-9(6-8)10(7,2)3;/h2*8H,1,4-6H2,2-3H3;/q2*-1;+2. The fourth-order valence-corrected chi connectivity index (χ4v) is 4.90. The second kappa shape index (κ2) is 5.63. The van der Waals surface area contributed by atoms with Crippen LogP contribution in [0.1, 0.15) is 66.2 Å². The summed E-state index contributed by atoms with van der Waals surface area (Å²) in [5.41, 5.74) is 3.77. The van der Waals surface area contributed by atoms with E-state index in [2.05, 4.69) is 40.9 Å². The van der Waals surface area contributed by atoms with E-state index in [4.69, 9.17) is 0 Å². The van der Waals surface area contributed by atoms with E-state index in [9.17, 15) is 0 Å². The number of fused-ring (bicyclic) bond motifs is 4. The van der Waals surface area contributed by atoms with Gasteiger partial charge in [0.1, 0.15) is 0 Å². The number of rotatable bonds is 0. The summed E-state index contributed by atoms with van der Waals surface area (Å²) < 4.78 is 0. The maximum absolute atomic E-state index is 4.17. The Morgan fingerprint density at radius 1 is 0.810 bits per heavy atom. The Morgan fingerprint density at radius 2 is 1.14 bits per heavy atom. The van der Waals surface area contributed by atoms with E-state index in [1.807, 2.05) is 0 Å². The first-order valence-corrected chi connectivity index (χ1v) is 8.33. The van der Waals surface area contributed by atoms with E-state index in [0.717, 1.165) is 11.8 Å². The van der Waals surface area contributed by atoms with Crippen LogP contribution in [-0.4, -0.2) is 0 Å². The minimum Gasteiger partial charge on any atom is -0.304 e. The van der Waals surface area contributed by atoms with Gasteiger partial charge in [-0.05, 0) is 0 Å². The van der Waals surface area contributed by atoms with Crippen LogP contribution >= 0.6 is 0 Å². The van der Waals surface area contributed by atoms with Crippen LogP contribution in [0.3, 0.4) is 0 Å². The number of hydrogen-bond acceptors (Lipinski definition) is 0. The average molecular weight is 336 g/mol. The molecule has 0 heterocycles. The van der Waals surface area contributed by atoms with E-state index in [1.54, 1.807) is 11.8 Å². The normalized spacial score (nSPS) is 35.6. The summed E-state index contributed by atoms with van der Waals surface area (Å²) in [6.45, 7) is 17.6. The molecular formula is C20H30Zn. The van der Waals surface area contributed by atoms with Crippen LogP contribution in [0.15, 0.2) is 24.3 Å². The smallest absolute Gasteiger partial charge is 0.304 e. The van der Waals surface area contributed by atoms with Gasteiger partial charge in [-0.25, -0.2) is 0 Å². The molecule has 2 unspecified atom stereocenters. The minimum atomic E-state index is 0. The molecule has 0 N–H and O–H groups in total. The molecule has 4 rings (SSSR count). The maximum Gasteiger partial charge on any atom is 2.00 e. The van der Waals surface area contributed by atoms with Crippen LogP contribution in [0, 0.1) is 34.5 Å². The minimum absolute atomic E-state index is 0. The van der Waals surface area contributed by atoms with E-state index < -0.39 is 0 Å². The third-order valence-corrected chi connectivity index (χ3v) is 6.93. The fourth-order valence-electron chi connectivity index (χ4n) is 4.90. The van der Waals surface area contributed by atoms with Gasteiger partial charge in [0.15, 0.2) is 0 Å². The van der Waals surface area contributed by atoms with Gasteiger partial charge in [0.05, 0.1) is 0 Å². The predicted molar refractivity (Wildman–Crippen MR) is 87.0 cm³/mol. The largest absolute Gasteiger partial charge is 2.00 e. The molecule has 0 spiro atoms. The summed E-state index contributed by atoms with van der Waals surface area (Å²) in [5, 5.41) is 0. The van der Waals surface area contributed by atoms with Crippen molar-refractivity contribution < 1.29 is 19.5 Å². The Kier molecular flexibility index (Phi) is 4.68. The van der Waals surface area contributed by atoms with Crippen LogP contribution < -0.4 is 0 Å². The zero-order valence-electron chi connectivity index (χ0n) is 14.5. The molecule has 112 valence electrons. The third kappa shape index (κ3) is 2.62. The monoisotopic (exact) mass is 334 g/mol. The van der Waals surface area contributed by atoms with Gasteiger partial charge in [-0.2, -0.15) is 25.7 Å². The molecule has 2 atom stereocenters. The average Bonchev–Trinajstić information content (AvgIpc) is 3.10. The Bertz CT molecular complexity index is 401. The summed E-state index contributed by atoms with van der Waals surface area (Å²) in [6.07, 6.45) is 8.22. The molecule has 4 bridgehead atoms. The van der Waals surface area contributed by atoms with Crippen LogP contribution in [0.4, 0.5) is 0 Å². The van der Waals surface area contributed by atoms with Gasteiger partial charge in [0, 0.05) is 0 Å². The summed E-state index contributed by atoms with van der Waals surface area (Å²) >= 11 is 0. The van der Waals surface area contributed by atoms with Gasteiger partial charge >= 0.3 is 19.5 Å². The Labute approximate surface area is 144 Å². The van der Waals surface area contributed by atoms with E-state index in [0.29, 0.717) is 10.8 Å². The molecule has 4 aliphatic carbocycles. The SMILES string of the molecule is C=C1C2CC[C-](C2)C1(C)C.C=C1C2CC[C-](C2)C1(C)C.[Zn+2]. The quantitative estimate of drug-likeness (QED) is 0.293. The van der Waals surface area contributed by atoms with Crippen LogP contribution in [-0.2, 0) is 19.5 Å². The van der Waals surface area contributed by atoms with Crippen LogP contribution in [0.25, 0.3) is 0 Å². The molecule has 0 aromatic heterocycles. The molecule has 0 aromatic carbocycles. The van der Waals surface area contributed by atoms with Gasteiger partial charge in [-0.1, -0.05) is 52.4 Å². The molecule has 4 aliphatic rings. The first kappa shape index (κ1) is 17.5. The number of hydrogen-bond donors (Lipinski definition) is 0. The third-order valence-electron chi connectivity index (χ3n) is 6.93. The maximum atomic E-state index is 4.17. The van der Waals surface area contributed by atoms with Crippen molar-refractivity contribution in [2.24, 2.45) is 22.7 Å². The van der Waals surface area contributed by atoms with Gasteiger partial charge in [-0.15, -0.1) is 35.1 Å². The molecule has 21 heavy (non-hydrogen) atoms. The second-order valence-electron chi connectivity index (χ2n) is 8.39. The van der Waals surface area contributed by atoms with Gasteiger partial charge in [0.2, 0.25) is 0 Å². The summed E-state index contributed by atoms with van der Waals surface area (Å²) in [7, 11) is 0. The van der Waals surface area contributed by atoms with Crippen molar-refractivity contribution in [3.05, 3.63) is 36.1 Å². The first-order valence-electron chi connectivity index (χ1n) is 8.33. The zero-order chi connectivity index (χ0) is 14.7. The summed E-state index contributed by atoms with van der Waals surface area (Å²) in [6, 6.07) is 0. The summed E-state index contributed by atoms with van der Waals surface area (Å²) in [5.74, 6) is 5.21. The molecule has 4 fully saturated rings. The summed E-state index contributed by atoms with van der Waals surface area (Å²) in [4.78, 5) is 0. The van der Waals surface area contributed by atoms with Crippen LogP contribution in [0.2, 0.25) is 0 Å². The molecule has 0 saturated heterocycles. The van der Waals surface area contributed by atoms with Crippen molar-refractivity contribution >= 4 is 0 Å². The first-order chi connectivity index (χ1) is 9.24. The van der Waals surface area contributed by atoms with Crippen molar-refractivity contribution in [3.8, 4) is 0 Å². The molecular weight excluding hydrogens is 306 g/mol. The van der Waals surface area contributed by atoms with Crippen molar-refractivity contribution in [2.75, 3.05) is 0 Å². The van der Waals surface area contributed by atoms with Crippen molar-refractivity contribution in [2.45, 2.75) is 66.2 Å². The van der Waals surface area contributed by atoms with Crippen molar-refractivity contribution in [1.82, 2.24) is 0 Å². The molecule has 0 nitrogen and oxygen atoms in total. The molecule has 1 heteroatoms. The van der Waals surface area contributed by atoms with Gasteiger partial charge in [-0.3, -0.25) is 0 Å². The molecule has 0 aliphatic heterocycles. The predicted octanol–water partition coefficient (Wildman–Crippen LogP) is 5.91. The van der Waals surface area contributed by atoms with Crippen molar-refractivity contribution in [3.63, 3.8) is 0 Å². The zero-order valence-corrected chi connectivity index (χ0v) is 17.5. The van der Waals surface area contributed by atoms with Gasteiger partial charge in [0.25, 0.3) is 0 Å². The van der Waals surface area contributed by atoms with E-state index >= 15 is 0 Å². The topological polar surface area (TPSA) is 0 Å². The van der Waals surface area contributed by atoms with Crippen molar-refractivity contribution in [1.29, 1.82) is 0 Å². The molecule has 4 saturated carbocycles. The fraction of sp³-hybridized carbons (Fsp3) is 0.700. The second-order valence-corrected chi connectivity index (χ2v) is 8.39. The van der Waals surface area contributed by atoms with E-state index in [-0.39, 0.29) is 19.5 Å². The Hall–Kier alpha value is 0.103. The molecule has 0 aromatic rings. The van der Waals surface area contributed by atoms with Gasteiger partial charge < -0.3 is 11.8 Å². The number of allylic oxidation sites excluding steroid dienone is 2. The van der Waals surface area contributed by atoms with E-state index in [1.165, 1.54) is 49.7 Å². The Morgan fingerprint density at radius 3 is 1.29 bits per heavy atom. The Balaban J connectivity index is 0.000000147. The molecule has 0 radical (unpaired) electrons. The van der Waals surface area contributed by atoms with Crippen LogP contribution in [0.5, 0.6) is 0 Å². The molecule has 0 amide bonds.